The number of hydrogen-bond donors (Lipinski definition) is 2. The smallest absolute Gasteiger partial charge is 0.275 e. The van der Waals surface area contributed by atoms with Crippen LogP contribution in [0.3, 0.4) is 0 Å². The fourth-order valence-corrected chi connectivity index (χ4v) is 5.72. The number of amidine groups is 1. The Balaban J connectivity index is 1.49. The number of anilines is 1. The van der Waals surface area contributed by atoms with E-state index in [1.165, 1.54) is 17.5 Å². The number of thioether (sulfide) groups is 1. The fraction of sp³-hybridized carbons (Fsp3) is 0.455. The van der Waals surface area contributed by atoms with Crippen LogP contribution in [0.4, 0.5) is 5.82 Å². The number of nitrogens with one attached hydrogen (secondary N) is 1. The van der Waals surface area contributed by atoms with Crippen LogP contribution in [-0.4, -0.2) is 45.6 Å². The quantitative estimate of drug-likeness (QED) is 0.644. The Labute approximate surface area is 195 Å². The van der Waals surface area contributed by atoms with Gasteiger partial charge in [0, 0.05) is 17.1 Å². The van der Waals surface area contributed by atoms with Gasteiger partial charge in [0.1, 0.15) is 34.4 Å². The molecule has 168 valence electrons. The Morgan fingerprint density at radius 2 is 2.28 bits per heavy atom. The first-order valence-electron chi connectivity index (χ1n) is 10.2. The highest BCUT2D eigenvalue weighted by Crippen LogP contribution is 2.49. The van der Waals surface area contributed by atoms with Crippen molar-refractivity contribution in [3.63, 3.8) is 0 Å². The van der Waals surface area contributed by atoms with Crippen molar-refractivity contribution < 1.29 is 14.3 Å². The van der Waals surface area contributed by atoms with E-state index >= 15 is 0 Å². The van der Waals surface area contributed by atoms with Crippen LogP contribution in [-0.2, 0) is 10.3 Å². The topological polar surface area (TPSA) is 112 Å². The standard InChI is InChI=1S/C22H25N5O3S2/c1-4-5-8-29-15-6-7-16(24-10-15)18(28)25-17-12-31-19(26-17)22-13-30-21(2,3)9-14(22)11-32-20(23)27-22/h6-7,10,12,14H,8-9,11,13H2,1-3H3,(H2,23,27)(H,25,28)/t14-,22-/m1/s1. The fourth-order valence-electron chi connectivity index (χ4n) is 3.77. The van der Waals surface area contributed by atoms with Gasteiger partial charge in [-0.15, -0.1) is 17.3 Å². The van der Waals surface area contributed by atoms with E-state index in [1.54, 1.807) is 30.8 Å². The van der Waals surface area contributed by atoms with E-state index < -0.39 is 5.54 Å². The molecule has 8 nitrogen and oxygen atoms in total. The zero-order chi connectivity index (χ0) is 22.8. The molecule has 4 heterocycles. The van der Waals surface area contributed by atoms with E-state index in [0.29, 0.717) is 23.3 Å². The molecule has 3 N–H and O–H groups in total. The normalized spacial score (nSPS) is 23.8. The number of hydrogen-bond acceptors (Lipinski definition) is 9. The zero-order valence-corrected chi connectivity index (χ0v) is 19.8. The third-order valence-corrected chi connectivity index (χ3v) is 7.38. The van der Waals surface area contributed by atoms with Gasteiger partial charge < -0.3 is 20.5 Å². The summed E-state index contributed by atoms with van der Waals surface area (Å²) in [5, 5.41) is 5.97. The van der Waals surface area contributed by atoms with Crippen LogP contribution in [0.2, 0.25) is 0 Å². The molecule has 0 aromatic carbocycles. The number of thiazole rings is 1. The molecule has 2 aliphatic heterocycles. The molecule has 1 saturated heterocycles. The lowest BCUT2D eigenvalue weighted by atomic mass is 9.77. The van der Waals surface area contributed by atoms with Crippen molar-refractivity contribution >= 4 is 40.0 Å². The van der Waals surface area contributed by atoms with Crippen LogP contribution in [0.5, 0.6) is 5.75 Å². The molecule has 10 heteroatoms. The molecule has 4 rings (SSSR count). The van der Waals surface area contributed by atoms with E-state index in [2.05, 4.69) is 36.0 Å². The van der Waals surface area contributed by atoms with Crippen LogP contribution in [0.15, 0.2) is 28.7 Å². The summed E-state index contributed by atoms with van der Waals surface area (Å²) in [5.41, 5.74) is 5.52. The molecule has 2 aromatic heterocycles. The lowest BCUT2D eigenvalue weighted by Crippen LogP contribution is -2.52. The minimum atomic E-state index is -0.614. The van der Waals surface area contributed by atoms with Crippen LogP contribution < -0.4 is 15.8 Å². The molecule has 2 aromatic rings. The maximum Gasteiger partial charge on any atom is 0.275 e. The number of aromatic nitrogens is 2. The largest absolute Gasteiger partial charge is 0.479 e. The van der Waals surface area contributed by atoms with Gasteiger partial charge in [-0.25, -0.2) is 15.0 Å². The first kappa shape index (κ1) is 22.6. The van der Waals surface area contributed by atoms with Crippen LogP contribution in [0, 0.1) is 17.8 Å². The van der Waals surface area contributed by atoms with Gasteiger partial charge >= 0.3 is 0 Å². The van der Waals surface area contributed by atoms with Crippen molar-refractivity contribution in [3.8, 4) is 17.6 Å². The molecule has 2 aliphatic rings. The molecular formula is C22H25N5O3S2. The summed E-state index contributed by atoms with van der Waals surface area (Å²) in [4.78, 5) is 26.3. The first-order chi connectivity index (χ1) is 15.3. The van der Waals surface area contributed by atoms with Gasteiger partial charge in [0.05, 0.1) is 18.4 Å². The molecule has 1 amide bonds. The molecule has 0 unspecified atom stereocenters. The highest BCUT2D eigenvalue weighted by Gasteiger charge is 2.52. The molecule has 0 bridgehead atoms. The van der Waals surface area contributed by atoms with Crippen LogP contribution in [0.25, 0.3) is 0 Å². The number of pyridine rings is 1. The van der Waals surface area contributed by atoms with Gasteiger partial charge in [-0.1, -0.05) is 17.7 Å². The highest BCUT2D eigenvalue weighted by molar-refractivity contribution is 8.13. The molecule has 2 atom stereocenters. The van der Waals surface area contributed by atoms with E-state index in [1.807, 2.05) is 5.38 Å². The number of carbonyl (C=O) groups is 1. The summed E-state index contributed by atoms with van der Waals surface area (Å²) in [6.45, 7) is 6.63. The molecule has 0 radical (unpaired) electrons. The predicted molar refractivity (Wildman–Crippen MR) is 127 cm³/mol. The Morgan fingerprint density at radius 1 is 1.44 bits per heavy atom. The summed E-state index contributed by atoms with van der Waals surface area (Å²) in [6.07, 6.45) is 2.36. The predicted octanol–water partition coefficient (Wildman–Crippen LogP) is 3.26. The average molecular weight is 472 g/mol. The second-order valence-electron chi connectivity index (χ2n) is 8.22. The number of carbonyl (C=O) groups excluding carboxylic acids is 1. The summed E-state index contributed by atoms with van der Waals surface area (Å²) in [7, 11) is 0. The number of nitrogens with two attached hydrogens (primary N) is 1. The molecule has 0 saturated carbocycles. The monoisotopic (exact) mass is 471 g/mol. The second kappa shape index (κ2) is 9.10. The third-order valence-electron chi connectivity index (χ3n) is 5.41. The van der Waals surface area contributed by atoms with E-state index in [-0.39, 0.29) is 29.7 Å². The van der Waals surface area contributed by atoms with Crippen molar-refractivity contribution in [2.75, 3.05) is 24.3 Å². The summed E-state index contributed by atoms with van der Waals surface area (Å²) in [6, 6.07) is 3.29. The summed E-state index contributed by atoms with van der Waals surface area (Å²) >= 11 is 3.03. The molecule has 0 aliphatic carbocycles. The number of amides is 1. The van der Waals surface area contributed by atoms with Gasteiger partial charge in [0.15, 0.2) is 5.17 Å². The van der Waals surface area contributed by atoms with Crippen LogP contribution in [0.1, 0.15) is 42.7 Å². The maximum atomic E-state index is 12.6. The number of aliphatic imine (C=N–C) groups is 1. The van der Waals surface area contributed by atoms with Gasteiger partial charge in [0.2, 0.25) is 0 Å². The number of nitrogens with zero attached hydrogens (tertiary/aromatic N) is 3. The number of fused-ring (bicyclic) bond motifs is 1. The Hall–Kier alpha value is -2.61. The van der Waals surface area contributed by atoms with Crippen molar-refractivity contribution in [2.45, 2.75) is 38.3 Å². The van der Waals surface area contributed by atoms with Gasteiger partial charge in [-0.05, 0) is 39.3 Å². The van der Waals surface area contributed by atoms with E-state index in [9.17, 15) is 4.79 Å². The Morgan fingerprint density at radius 3 is 3.03 bits per heavy atom. The van der Waals surface area contributed by atoms with Gasteiger partial charge in [-0.3, -0.25) is 4.79 Å². The summed E-state index contributed by atoms with van der Waals surface area (Å²) in [5.74, 6) is 7.35. The van der Waals surface area contributed by atoms with Crippen molar-refractivity contribution in [1.82, 2.24) is 9.97 Å². The van der Waals surface area contributed by atoms with E-state index in [0.717, 1.165) is 17.2 Å². The van der Waals surface area contributed by atoms with E-state index in [4.69, 9.17) is 25.2 Å². The number of ether oxygens (including phenoxy) is 2. The average Bonchev–Trinajstić information content (AvgIpc) is 3.23. The maximum absolute atomic E-state index is 12.6. The molecule has 0 spiro atoms. The van der Waals surface area contributed by atoms with Crippen LogP contribution >= 0.6 is 23.1 Å². The molecule has 1 fully saturated rings. The van der Waals surface area contributed by atoms with Gasteiger partial charge in [-0.2, -0.15) is 0 Å². The Bertz CT molecular complexity index is 1090. The minimum Gasteiger partial charge on any atom is -0.479 e. The van der Waals surface area contributed by atoms with Crippen molar-refractivity contribution in [2.24, 2.45) is 16.6 Å². The van der Waals surface area contributed by atoms with Gasteiger partial charge in [0.25, 0.3) is 5.91 Å². The van der Waals surface area contributed by atoms with Crippen molar-refractivity contribution in [3.05, 3.63) is 34.4 Å². The Kier molecular flexibility index (Phi) is 6.42. The second-order valence-corrected chi connectivity index (χ2v) is 10.1. The van der Waals surface area contributed by atoms with Crippen molar-refractivity contribution in [1.29, 1.82) is 0 Å². The SMILES string of the molecule is CC#CCOc1ccc(C(=O)Nc2csc([C@@]34COC(C)(C)C[C@@H]3CSC(N)=N4)n2)nc1. The lowest BCUT2D eigenvalue weighted by molar-refractivity contribution is -0.109. The first-order valence-corrected chi connectivity index (χ1v) is 12.1. The molecular weight excluding hydrogens is 446 g/mol. The zero-order valence-electron chi connectivity index (χ0n) is 18.2. The minimum absolute atomic E-state index is 0.213. The lowest BCUT2D eigenvalue weighted by Gasteiger charge is -2.47. The molecule has 32 heavy (non-hydrogen) atoms. The highest BCUT2D eigenvalue weighted by atomic mass is 32.2. The third kappa shape index (κ3) is 4.75. The summed E-state index contributed by atoms with van der Waals surface area (Å²) < 4.78 is 11.6. The number of rotatable bonds is 5.